The van der Waals surface area contributed by atoms with Gasteiger partial charge in [-0.15, -0.1) is 0 Å². The number of fused-ring (bicyclic) bond motifs is 1. The van der Waals surface area contributed by atoms with Crippen LogP contribution >= 0.6 is 0 Å². The first-order valence-corrected chi connectivity index (χ1v) is 14.9. The van der Waals surface area contributed by atoms with Crippen LogP contribution in [-0.4, -0.2) is 53.2 Å². The van der Waals surface area contributed by atoms with Crippen LogP contribution in [0, 0.1) is 5.92 Å². The molecule has 3 aliphatic rings. The number of carbonyl (C=O) groups excluding carboxylic acids is 2. The Morgan fingerprint density at radius 3 is 2.59 bits per heavy atom. The van der Waals surface area contributed by atoms with E-state index in [1.165, 1.54) is 25.3 Å². The van der Waals surface area contributed by atoms with Gasteiger partial charge in [0, 0.05) is 37.9 Å². The van der Waals surface area contributed by atoms with Gasteiger partial charge in [-0.2, -0.15) is 0 Å². The molecule has 0 aromatic heterocycles. The molecule has 0 spiro atoms. The molecular weight excluding hydrogens is 488 g/mol. The lowest BCUT2D eigenvalue weighted by atomic mass is 9.55. The molecule has 210 valence electrons. The average Bonchev–Trinajstić information content (AvgIpc) is 3.73. The molecule has 2 aliphatic carbocycles. The Balaban J connectivity index is 1.26. The number of esters is 1. The van der Waals surface area contributed by atoms with Crippen LogP contribution in [-0.2, 0) is 26.2 Å². The van der Waals surface area contributed by atoms with Gasteiger partial charge in [0.2, 0.25) is 5.91 Å². The highest BCUT2D eigenvalue weighted by molar-refractivity contribution is 5.76. The SMILES string of the molecule is CC(=O)O[C@]12CC[C@@H](NC(=O)CCCCCc3ccccc3)C[C@]1(c1cccc(O)c1)CCN(CC1CC1)C2. The molecule has 1 saturated heterocycles. The summed E-state index contributed by atoms with van der Waals surface area (Å²) in [4.78, 5) is 28.0. The summed E-state index contributed by atoms with van der Waals surface area (Å²) in [5.41, 5.74) is 1.23. The lowest BCUT2D eigenvalue weighted by molar-refractivity contribution is -0.187. The molecule has 2 N–H and O–H groups in total. The lowest BCUT2D eigenvalue weighted by Gasteiger charge is -2.59. The molecule has 2 aromatic carbocycles. The zero-order valence-corrected chi connectivity index (χ0v) is 23.4. The first-order valence-electron chi connectivity index (χ1n) is 14.9. The van der Waals surface area contributed by atoms with E-state index in [-0.39, 0.29) is 23.7 Å². The minimum absolute atomic E-state index is 0.0165. The van der Waals surface area contributed by atoms with Crippen molar-refractivity contribution in [1.82, 2.24) is 10.2 Å². The largest absolute Gasteiger partial charge is 0.508 e. The number of piperidine rings is 1. The Kier molecular flexibility index (Phi) is 8.61. The van der Waals surface area contributed by atoms with Gasteiger partial charge in [-0.1, -0.05) is 48.9 Å². The third kappa shape index (κ3) is 6.66. The summed E-state index contributed by atoms with van der Waals surface area (Å²) in [6.45, 7) is 4.20. The molecule has 0 radical (unpaired) electrons. The predicted octanol–water partition coefficient (Wildman–Crippen LogP) is 5.52. The first kappa shape index (κ1) is 27.7. The number of aromatic hydroxyl groups is 1. The number of phenols is 1. The van der Waals surface area contributed by atoms with E-state index in [1.807, 2.05) is 18.2 Å². The third-order valence-electron chi connectivity index (χ3n) is 9.23. The lowest BCUT2D eigenvalue weighted by Crippen LogP contribution is -2.68. The number of rotatable bonds is 11. The monoisotopic (exact) mass is 532 g/mol. The van der Waals surface area contributed by atoms with E-state index in [4.69, 9.17) is 4.74 Å². The maximum atomic E-state index is 13.0. The number of nitrogens with one attached hydrogen (secondary N) is 1. The molecule has 3 atom stereocenters. The van der Waals surface area contributed by atoms with E-state index in [9.17, 15) is 14.7 Å². The van der Waals surface area contributed by atoms with Gasteiger partial charge in [0.1, 0.15) is 11.4 Å². The van der Waals surface area contributed by atoms with Gasteiger partial charge in [0.05, 0.1) is 0 Å². The van der Waals surface area contributed by atoms with Crippen LogP contribution in [0.5, 0.6) is 5.75 Å². The number of carbonyl (C=O) groups is 2. The van der Waals surface area contributed by atoms with Gasteiger partial charge in [-0.05, 0) is 93.5 Å². The second-order valence-corrected chi connectivity index (χ2v) is 12.2. The number of unbranched alkanes of at least 4 members (excludes halogenated alkanes) is 2. The van der Waals surface area contributed by atoms with Gasteiger partial charge >= 0.3 is 5.97 Å². The Morgan fingerprint density at radius 1 is 1.03 bits per heavy atom. The van der Waals surface area contributed by atoms with Crippen LogP contribution in [0.2, 0.25) is 0 Å². The fourth-order valence-corrected chi connectivity index (χ4v) is 7.17. The fourth-order valence-electron chi connectivity index (χ4n) is 7.17. The smallest absolute Gasteiger partial charge is 0.303 e. The van der Waals surface area contributed by atoms with E-state index < -0.39 is 11.0 Å². The summed E-state index contributed by atoms with van der Waals surface area (Å²) in [7, 11) is 0. The highest BCUT2D eigenvalue weighted by Gasteiger charge is 2.61. The molecule has 0 unspecified atom stereocenters. The minimum atomic E-state index is -0.668. The van der Waals surface area contributed by atoms with E-state index in [0.717, 1.165) is 63.1 Å². The van der Waals surface area contributed by atoms with Gasteiger partial charge in [0.15, 0.2) is 0 Å². The number of aryl methyl sites for hydroxylation is 1. The zero-order valence-electron chi connectivity index (χ0n) is 23.4. The Labute approximate surface area is 233 Å². The number of hydrogen-bond donors (Lipinski definition) is 2. The summed E-state index contributed by atoms with van der Waals surface area (Å²) < 4.78 is 6.32. The van der Waals surface area contributed by atoms with Crippen LogP contribution in [0.1, 0.15) is 82.3 Å². The standard InChI is InChI=1S/C33H44N2O4/c1-25(36)39-33-18-17-29(34-31(38)14-7-3-6-11-26-9-4-2-5-10-26)22-32(33,28-12-8-13-30(37)21-28)19-20-35(24-33)23-27-15-16-27/h2,4-5,8-10,12-13,21,27,29,37H,3,6-7,11,14-20,22-24H2,1H3,(H,34,38)/t29-,32+,33+/m1/s1. The van der Waals surface area contributed by atoms with Crippen molar-refractivity contribution in [2.75, 3.05) is 19.6 Å². The Hall–Kier alpha value is -2.86. The van der Waals surface area contributed by atoms with E-state index >= 15 is 0 Å². The number of benzene rings is 2. The highest BCUT2D eigenvalue weighted by atomic mass is 16.6. The number of amides is 1. The molecule has 6 heteroatoms. The number of phenolic OH excluding ortho intramolecular Hbond substituents is 1. The van der Waals surface area contributed by atoms with Crippen molar-refractivity contribution < 1.29 is 19.4 Å². The van der Waals surface area contributed by atoms with Crippen molar-refractivity contribution in [3.05, 3.63) is 65.7 Å². The van der Waals surface area contributed by atoms with E-state index in [2.05, 4.69) is 40.5 Å². The quantitative estimate of drug-likeness (QED) is 0.294. The maximum absolute atomic E-state index is 13.0. The number of ether oxygens (including phenoxy) is 1. The summed E-state index contributed by atoms with van der Waals surface area (Å²) in [6.07, 6.45) is 10.2. The van der Waals surface area contributed by atoms with Crippen molar-refractivity contribution in [3.8, 4) is 5.75 Å². The number of likely N-dealkylation sites (tertiary alicyclic amines) is 1. The first-order chi connectivity index (χ1) is 18.9. The van der Waals surface area contributed by atoms with Crippen molar-refractivity contribution in [2.45, 2.75) is 94.6 Å². The number of nitrogens with zero attached hydrogens (tertiary/aromatic N) is 1. The minimum Gasteiger partial charge on any atom is -0.508 e. The van der Waals surface area contributed by atoms with Crippen LogP contribution in [0.15, 0.2) is 54.6 Å². The van der Waals surface area contributed by atoms with Crippen LogP contribution in [0.3, 0.4) is 0 Å². The third-order valence-corrected chi connectivity index (χ3v) is 9.23. The van der Waals surface area contributed by atoms with Crippen LogP contribution < -0.4 is 5.32 Å². The molecule has 6 nitrogen and oxygen atoms in total. The van der Waals surface area contributed by atoms with Crippen molar-refractivity contribution in [2.24, 2.45) is 5.92 Å². The summed E-state index contributed by atoms with van der Waals surface area (Å²) in [6, 6.07) is 18.0. The molecule has 5 rings (SSSR count). The maximum Gasteiger partial charge on any atom is 0.303 e. The van der Waals surface area contributed by atoms with Crippen LogP contribution in [0.25, 0.3) is 0 Å². The molecule has 39 heavy (non-hydrogen) atoms. The second kappa shape index (κ2) is 12.1. The summed E-state index contributed by atoms with van der Waals surface area (Å²) in [5.74, 6) is 0.833. The normalized spacial score (nSPS) is 26.9. The molecule has 1 aliphatic heterocycles. The van der Waals surface area contributed by atoms with E-state index in [1.54, 1.807) is 6.07 Å². The van der Waals surface area contributed by atoms with Gasteiger partial charge < -0.3 is 15.2 Å². The topological polar surface area (TPSA) is 78.9 Å². The summed E-state index contributed by atoms with van der Waals surface area (Å²) >= 11 is 0. The molecule has 0 bridgehead atoms. The van der Waals surface area contributed by atoms with Gasteiger partial charge in [-0.3, -0.25) is 14.5 Å². The molecule has 1 amide bonds. The van der Waals surface area contributed by atoms with E-state index in [0.29, 0.717) is 25.8 Å². The molecule has 1 heterocycles. The molecule has 2 aromatic rings. The molecule has 2 saturated carbocycles. The Bertz CT molecular complexity index is 1130. The van der Waals surface area contributed by atoms with Crippen LogP contribution in [0.4, 0.5) is 0 Å². The van der Waals surface area contributed by atoms with Gasteiger partial charge in [0.25, 0.3) is 0 Å². The van der Waals surface area contributed by atoms with Crippen molar-refractivity contribution >= 4 is 11.9 Å². The van der Waals surface area contributed by atoms with Gasteiger partial charge in [-0.25, -0.2) is 0 Å². The van der Waals surface area contributed by atoms with Crippen molar-refractivity contribution in [1.29, 1.82) is 0 Å². The number of hydrogen-bond acceptors (Lipinski definition) is 5. The highest BCUT2D eigenvalue weighted by Crippen LogP contribution is 2.54. The molecule has 3 fully saturated rings. The fraction of sp³-hybridized carbons (Fsp3) is 0.576. The zero-order chi connectivity index (χ0) is 27.3. The van der Waals surface area contributed by atoms with Crippen molar-refractivity contribution in [3.63, 3.8) is 0 Å². The predicted molar refractivity (Wildman–Crippen MR) is 152 cm³/mol. The summed E-state index contributed by atoms with van der Waals surface area (Å²) in [5, 5.41) is 13.8. The molecular formula is C33H44N2O4. The Morgan fingerprint density at radius 2 is 1.85 bits per heavy atom. The second-order valence-electron chi connectivity index (χ2n) is 12.2. The average molecular weight is 533 g/mol.